The topological polar surface area (TPSA) is 47.3 Å². The van der Waals surface area contributed by atoms with Gasteiger partial charge in [0.25, 0.3) is 0 Å². The molecule has 0 unspecified atom stereocenters. The van der Waals surface area contributed by atoms with Gasteiger partial charge in [0.2, 0.25) is 5.88 Å². The molecule has 2 rings (SSSR count). The molecule has 0 amide bonds. The van der Waals surface area contributed by atoms with Crippen molar-refractivity contribution in [2.75, 3.05) is 0 Å². The van der Waals surface area contributed by atoms with Crippen molar-refractivity contribution in [1.82, 2.24) is 9.94 Å². The van der Waals surface area contributed by atoms with Crippen molar-refractivity contribution in [3.63, 3.8) is 0 Å². The molecule has 0 aliphatic carbocycles. The summed E-state index contributed by atoms with van der Waals surface area (Å²) in [5, 5.41) is 12.7. The highest BCUT2D eigenvalue weighted by Crippen LogP contribution is 2.18. The van der Waals surface area contributed by atoms with Crippen LogP contribution in [0.4, 0.5) is 0 Å². The molecule has 1 aromatic heterocycles. The van der Waals surface area contributed by atoms with Gasteiger partial charge in [0.05, 0.1) is 6.20 Å². The first-order valence-corrected chi connectivity index (χ1v) is 5.86. The van der Waals surface area contributed by atoms with Crippen LogP contribution in [0.1, 0.15) is 11.1 Å². The molecule has 0 fully saturated rings. The third kappa shape index (κ3) is 2.46. The molecule has 0 bridgehead atoms. The predicted molar refractivity (Wildman–Crippen MR) is 67.6 cm³/mol. The van der Waals surface area contributed by atoms with E-state index in [0.717, 1.165) is 10.4 Å². The van der Waals surface area contributed by atoms with Crippen LogP contribution in [0.25, 0.3) is 0 Å². The average Bonchev–Trinajstić information content (AvgIpc) is 2.63. The Bertz CT molecular complexity index is 476. The minimum Gasteiger partial charge on any atom is -0.472 e. The van der Waals surface area contributed by atoms with Crippen molar-refractivity contribution in [2.24, 2.45) is 0 Å². The third-order valence-corrected chi connectivity index (χ3v) is 3.28. The molecule has 0 spiro atoms. The smallest absolute Gasteiger partial charge is 0.236 e. The van der Waals surface area contributed by atoms with Gasteiger partial charge < -0.3 is 9.94 Å². The maximum absolute atomic E-state index is 8.98. The monoisotopic (exact) mass is 330 g/mol. The first-order valence-electron chi connectivity index (χ1n) is 4.78. The summed E-state index contributed by atoms with van der Waals surface area (Å²) in [4.78, 5) is 0.734. The number of aromatic nitrogens is 2. The quantitative estimate of drug-likeness (QED) is 0.695. The molecule has 0 saturated carbocycles. The number of hydrogen-bond donors (Lipinski definition) is 1. The Balaban J connectivity index is 2.10. The summed E-state index contributed by atoms with van der Waals surface area (Å²) in [7, 11) is 0. The zero-order valence-corrected chi connectivity index (χ0v) is 10.9. The van der Waals surface area contributed by atoms with E-state index in [-0.39, 0.29) is 0 Å². The van der Waals surface area contributed by atoms with Gasteiger partial charge in [0, 0.05) is 15.2 Å². The molecule has 4 nitrogen and oxygen atoms in total. The van der Waals surface area contributed by atoms with Crippen LogP contribution in [0.5, 0.6) is 5.88 Å². The standard InChI is InChI=1S/C11H11IN2O2/c1-8-3-2-4-10(12)9(8)7-16-11-5-6-14(15)13-11/h2-6,15H,7H2,1H3. The third-order valence-electron chi connectivity index (χ3n) is 2.27. The van der Waals surface area contributed by atoms with E-state index in [1.807, 2.05) is 25.1 Å². The maximum Gasteiger partial charge on any atom is 0.236 e. The Labute approximate surface area is 107 Å². The maximum atomic E-state index is 8.98. The minimum atomic E-state index is 0.418. The second-order valence-corrected chi connectivity index (χ2v) is 4.56. The van der Waals surface area contributed by atoms with Crippen molar-refractivity contribution >= 4 is 22.6 Å². The van der Waals surface area contributed by atoms with Crippen LogP contribution in [0.15, 0.2) is 30.5 Å². The van der Waals surface area contributed by atoms with Gasteiger partial charge in [-0.1, -0.05) is 17.2 Å². The van der Waals surface area contributed by atoms with E-state index in [1.165, 1.54) is 15.3 Å². The first-order chi connectivity index (χ1) is 7.66. The fraction of sp³-hybridized carbons (Fsp3) is 0.182. The fourth-order valence-corrected chi connectivity index (χ4v) is 2.16. The molecule has 84 valence electrons. The molecule has 5 heteroatoms. The summed E-state index contributed by atoms with van der Waals surface area (Å²) in [6.07, 6.45) is 1.43. The Morgan fingerprint density at radius 1 is 1.44 bits per heavy atom. The number of hydrogen-bond acceptors (Lipinski definition) is 3. The van der Waals surface area contributed by atoms with Crippen LogP contribution in [-0.2, 0) is 6.61 Å². The molecule has 16 heavy (non-hydrogen) atoms. The zero-order chi connectivity index (χ0) is 11.5. The molecule has 0 aliphatic heterocycles. The molecular weight excluding hydrogens is 319 g/mol. The Morgan fingerprint density at radius 3 is 2.88 bits per heavy atom. The van der Waals surface area contributed by atoms with Crippen LogP contribution in [0.2, 0.25) is 0 Å². The van der Waals surface area contributed by atoms with Crippen LogP contribution >= 0.6 is 22.6 Å². The number of rotatable bonds is 3. The lowest BCUT2D eigenvalue weighted by molar-refractivity contribution is 0.141. The summed E-state index contributed by atoms with van der Waals surface area (Å²) < 4.78 is 6.65. The number of aryl methyl sites for hydroxylation is 1. The molecule has 2 aromatic rings. The van der Waals surface area contributed by atoms with Gasteiger partial charge in [-0.15, -0.1) is 4.85 Å². The van der Waals surface area contributed by atoms with E-state index in [1.54, 1.807) is 6.07 Å². The van der Waals surface area contributed by atoms with Crippen molar-refractivity contribution in [3.05, 3.63) is 45.2 Å². The molecular formula is C11H11IN2O2. The zero-order valence-electron chi connectivity index (χ0n) is 8.72. The first kappa shape index (κ1) is 11.3. The summed E-state index contributed by atoms with van der Waals surface area (Å²) in [6.45, 7) is 2.51. The van der Waals surface area contributed by atoms with E-state index in [0.29, 0.717) is 12.5 Å². The molecule has 1 heterocycles. The van der Waals surface area contributed by atoms with Crippen molar-refractivity contribution < 1.29 is 9.94 Å². The van der Waals surface area contributed by atoms with E-state index in [4.69, 9.17) is 9.94 Å². The predicted octanol–water partition coefficient (Wildman–Crippen LogP) is 2.61. The molecule has 0 atom stereocenters. The van der Waals surface area contributed by atoms with E-state index >= 15 is 0 Å². The van der Waals surface area contributed by atoms with Crippen molar-refractivity contribution in [2.45, 2.75) is 13.5 Å². The fourth-order valence-electron chi connectivity index (χ4n) is 1.37. The lowest BCUT2D eigenvalue weighted by Gasteiger charge is -2.08. The lowest BCUT2D eigenvalue weighted by atomic mass is 10.1. The highest BCUT2D eigenvalue weighted by Gasteiger charge is 2.05. The molecule has 0 aliphatic rings. The Hall–Kier alpha value is -1.24. The number of benzene rings is 1. The number of ether oxygens (including phenoxy) is 1. The second-order valence-electron chi connectivity index (χ2n) is 3.40. The van der Waals surface area contributed by atoms with Crippen LogP contribution in [0.3, 0.4) is 0 Å². The summed E-state index contributed by atoms with van der Waals surface area (Å²) >= 11 is 2.28. The molecule has 1 N–H and O–H groups in total. The molecule has 0 saturated heterocycles. The number of halogens is 1. The van der Waals surface area contributed by atoms with Gasteiger partial charge in [0.1, 0.15) is 6.61 Å². The Morgan fingerprint density at radius 2 is 2.25 bits per heavy atom. The second kappa shape index (κ2) is 4.73. The van der Waals surface area contributed by atoms with Gasteiger partial charge in [-0.05, 0) is 41.1 Å². The average molecular weight is 330 g/mol. The SMILES string of the molecule is Cc1cccc(I)c1COc1ccn(O)n1. The number of nitrogens with zero attached hydrogens (tertiary/aromatic N) is 2. The van der Waals surface area contributed by atoms with E-state index < -0.39 is 0 Å². The summed E-state index contributed by atoms with van der Waals surface area (Å²) in [5.41, 5.74) is 2.34. The molecule has 1 aromatic carbocycles. The van der Waals surface area contributed by atoms with Crippen molar-refractivity contribution in [3.8, 4) is 5.88 Å². The van der Waals surface area contributed by atoms with Gasteiger partial charge >= 0.3 is 0 Å². The summed E-state index contributed by atoms with van der Waals surface area (Å²) in [6, 6.07) is 7.72. The van der Waals surface area contributed by atoms with Crippen LogP contribution in [0, 0.1) is 10.5 Å². The van der Waals surface area contributed by atoms with E-state index in [9.17, 15) is 0 Å². The summed E-state index contributed by atoms with van der Waals surface area (Å²) in [5.74, 6) is 0.418. The normalized spacial score (nSPS) is 10.4. The Kier molecular flexibility index (Phi) is 3.33. The lowest BCUT2D eigenvalue weighted by Crippen LogP contribution is -2.01. The highest BCUT2D eigenvalue weighted by molar-refractivity contribution is 14.1. The van der Waals surface area contributed by atoms with E-state index in [2.05, 4.69) is 27.7 Å². The largest absolute Gasteiger partial charge is 0.472 e. The van der Waals surface area contributed by atoms with Crippen LogP contribution < -0.4 is 4.74 Å². The van der Waals surface area contributed by atoms with Gasteiger partial charge in [0.15, 0.2) is 0 Å². The van der Waals surface area contributed by atoms with Crippen LogP contribution in [-0.4, -0.2) is 15.2 Å². The highest BCUT2D eigenvalue weighted by atomic mass is 127. The molecule has 0 radical (unpaired) electrons. The van der Waals surface area contributed by atoms with Crippen molar-refractivity contribution in [1.29, 1.82) is 0 Å². The minimum absolute atomic E-state index is 0.418. The van der Waals surface area contributed by atoms with Gasteiger partial charge in [-0.2, -0.15) is 0 Å². The van der Waals surface area contributed by atoms with Gasteiger partial charge in [-0.25, -0.2) is 0 Å². The van der Waals surface area contributed by atoms with Gasteiger partial charge in [-0.3, -0.25) is 0 Å².